The summed E-state index contributed by atoms with van der Waals surface area (Å²) in [6, 6.07) is 45.2. The molecule has 9 aromatic rings. The maximum Gasteiger partial charge on any atom is 0.130 e. The summed E-state index contributed by atoms with van der Waals surface area (Å²) in [7, 11) is 0. The van der Waals surface area contributed by atoms with Gasteiger partial charge in [-0.15, -0.1) is 47.5 Å². The molecule has 0 amide bonds. The van der Waals surface area contributed by atoms with E-state index in [4.69, 9.17) is 22.2 Å². The van der Waals surface area contributed by atoms with Crippen molar-refractivity contribution in [3.63, 3.8) is 0 Å². The van der Waals surface area contributed by atoms with Crippen molar-refractivity contribution in [1.82, 2.24) is 9.97 Å². The molecule has 3 aromatic heterocycles. The fraction of sp³-hybridized carbons (Fsp3) is 0.161. The third kappa shape index (κ3) is 9.18. The summed E-state index contributed by atoms with van der Waals surface area (Å²) in [6.45, 7) is -3.65. The van der Waals surface area contributed by atoms with Crippen molar-refractivity contribution < 1.29 is 42.3 Å². The molecule has 0 saturated carbocycles. The summed E-state index contributed by atoms with van der Waals surface area (Å²) in [5.74, 6) is 0. The van der Waals surface area contributed by atoms with E-state index >= 15 is 0 Å². The van der Waals surface area contributed by atoms with E-state index in [2.05, 4.69) is 28.2 Å². The van der Waals surface area contributed by atoms with Crippen LogP contribution in [0.5, 0.6) is 0 Å². The van der Waals surface area contributed by atoms with Gasteiger partial charge in [0.25, 0.3) is 0 Å². The third-order valence-electron chi connectivity index (χ3n) is 10.0. The van der Waals surface area contributed by atoms with E-state index < -0.39 is 27.4 Å². The summed E-state index contributed by atoms with van der Waals surface area (Å²) in [6.07, 6.45) is 3.08. The van der Waals surface area contributed by atoms with Gasteiger partial charge in [0.05, 0.1) is 18.6 Å². The maximum atomic E-state index is 9.94. The minimum Gasteiger partial charge on any atom is -0.500 e. The van der Waals surface area contributed by atoms with Crippen molar-refractivity contribution in [3.05, 3.63) is 191 Å². The molecule has 61 heavy (non-hydrogen) atoms. The minimum atomic E-state index is -2.64. The molecule has 0 aliphatic rings. The molecule has 0 spiro atoms. The average molecular weight is 983 g/mol. The van der Waals surface area contributed by atoms with E-state index in [9.17, 15) is 5.26 Å². The number of nitriles is 1. The predicted molar refractivity (Wildman–Crippen MR) is 247 cm³/mol. The Morgan fingerprint density at radius 3 is 2.11 bits per heavy atom. The molecule has 0 atom stereocenters. The first-order chi connectivity index (χ1) is 34.2. The van der Waals surface area contributed by atoms with Gasteiger partial charge >= 0.3 is 0 Å². The van der Waals surface area contributed by atoms with E-state index in [1.165, 1.54) is 30.6 Å². The minimum absolute atomic E-state index is 0. The molecule has 5 heteroatoms. The first-order valence-corrected chi connectivity index (χ1v) is 19.3. The van der Waals surface area contributed by atoms with Crippen molar-refractivity contribution in [2.45, 2.75) is 54.6 Å². The van der Waals surface area contributed by atoms with Gasteiger partial charge in [-0.1, -0.05) is 147 Å². The van der Waals surface area contributed by atoms with E-state index in [0.29, 0.717) is 62.4 Å². The van der Waals surface area contributed by atoms with Gasteiger partial charge in [0, 0.05) is 59.9 Å². The van der Waals surface area contributed by atoms with Crippen LogP contribution in [0.25, 0.3) is 77.8 Å². The van der Waals surface area contributed by atoms with Gasteiger partial charge in [0.1, 0.15) is 5.58 Å². The molecule has 0 bridgehead atoms. The van der Waals surface area contributed by atoms with Crippen LogP contribution in [0.1, 0.15) is 72.0 Å². The quantitative estimate of drug-likeness (QED) is 0.156. The van der Waals surface area contributed by atoms with Crippen molar-refractivity contribution in [2.24, 2.45) is 5.41 Å². The van der Waals surface area contributed by atoms with Crippen molar-refractivity contribution in [2.75, 3.05) is 0 Å². The van der Waals surface area contributed by atoms with Crippen LogP contribution in [0.4, 0.5) is 0 Å². The van der Waals surface area contributed by atoms with Gasteiger partial charge < -0.3 is 14.4 Å². The first-order valence-electron chi connectivity index (χ1n) is 25.8. The van der Waals surface area contributed by atoms with Crippen molar-refractivity contribution in [3.8, 4) is 62.0 Å². The Kier molecular flexibility index (Phi) is 8.55. The Hall–Kier alpha value is -6.44. The fourth-order valence-electron chi connectivity index (χ4n) is 7.31. The number of nitrogens with zero attached hydrogens (tertiary/aromatic N) is 3. The number of hydrogen-bond donors (Lipinski definition) is 0. The van der Waals surface area contributed by atoms with Gasteiger partial charge in [-0.3, -0.25) is 0 Å². The molecule has 0 unspecified atom stereocenters. The van der Waals surface area contributed by atoms with Crippen LogP contribution < -0.4 is 0 Å². The number of pyridine rings is 2. The molecule has 0 saturated heterocycles. The molecule has 0 N–H and O–H groups in total. The second-order valence-corrected chi connectivity index (χ2v) is 15.7. The molecule has 303 valence electrons. The average Bonchev–Trinajstić information content (AvgIpc) is 3.71. The Bertz CT molecular complexity index is 3530. The zero-order valence-corrected chi connectivity index (χ0v) is 36.0. The Labute approximate surface area is 391 Å². The number of furan rings is 1. The third-order valence-corrected chi connectivity index (χ3v) is 10.0. The number of aryl methyl sites for hydroxylation is 4. The number of fused-ring (bicyclic) bond motifs is 3. The molecule has 9 rings (SSSR count). The van der Waals surface area contributed by atoms with E-state index in [0.717, 1.165) is 21.9 Å². The van der Waals surface area contributed by atoms with E-state index in [1.807, 2.05) is 93.6 Å². The second-order valence-electron chi connectivity index (χ2n) is 15.7. The summed E-state index contributed by atoms with van der Waals surface area (Å²) in [5.41, 5.74) is 6.86. The zero-order chi connectivity index (χ0) is 52.8. The maximum absolute atomic E-state index is 9.94. The van der Waals surface area contributed by atoms with Crippen LogP contribution in [0, 0.1) is 56.3 Å². The van der Waals surface area contributed by atoms with Crippen molar-refractivity contribution >= 4 is 21.9 Å². The summed E-state index contributed by atoms with van der Waals surface area (Å²) >= 11 is 0. The Morgan fingerprint density at radius 2 is 1.43 bits per heavy atom. The van der Waals surface area contributed by atoms with Crippen LogP contribution in [-0.4, -0.2) is 9.97 Å². The number of benzene rings is 6. The van der Waals surface area contributed by atoms with Crippen LogP contribution in [0.2, 0.25) is 0 Å². The SMILES string of the molecule is [2H]C([2H])([2H])c1ccc(-c2[c-]cc(C([2H])([2H])[2H])c(-c3ccccc3)c2)nc1.[2H]c1cc(CC(C)(C)C)cc(C([2H])([2H])[2H])c1-c1cc(-c2[c-]ccc3c2oc2c(-c4ccccc4)c(C#N)ccc23)ncc1C([2H])([2H])[2H].[Ir]. The normalized spacial score (nSPS) is 15.1. The monoisotopic (exact) mass is 983 g/mol. The molecule has 6 aromatic carbocycles. The second kappa shape index (κ2) is 18.0. The summed E-state index contributed by atoms with van der Waals surface area (Å²) in [5, 5.41) is 11.5. The molecular weight excluding hydrogens is 923 g/mol. The number of aromatic nitrogens is 2. The number of hydrogen-bond acceptors (Lipinski definition) is 4. The Balaban J connectivity index is 0.000000251. The number of rotatable bonds is 6. The van der Waals surface area contributed by atoms with Gasteiger partial charge in [-0.25, -0.2) is 0 Å². The predicted octanol–water partition coefficient (Wildman–Crippen LogP) is 14.7. The molecule has 1 radical (unpaired) electrons. The molecule has 4 nitrogen and oxygen atoms in total. The van der Waals surface area contributed by atoms with Crippen LogP contribution >= 0.6 is 0 Å². The molecule has 0 aliphatic carbocycles. The first kappa shape index (κ1) is 28.9. The Morgan fingerprint density at radius 1 is 0.689 bits per heavy atom. The molecule has 3 heterocycles. The van der Waals surface area contributed by atoms with Gasteiger partial charge in [-0.2, -0.15) is 5.26 Å². The van der Waals surface area contributed by atoms with Crippen molar-refractivity contribution in [1.29, 1.82) is 5.26 Å². The van der Waals surface area contributed by atoms with Gasteiger partial charge in [0.15, 0.2) is 0 Å². The standard InChI is InChI=1S/C37H31N2O.C19H16N.Ir/c1-23-18-25(20-37(3,4)5)14-16-28(23)32-19-33(39-22-24(32)2)31-13-9-12-29-30-17-15-27(21-38)34(36(30)40-35(29)31)26-10-7-6-8-11-26;1-14-8-11-19(20-13-14)17-10-9-15(2)18(12-17)16-6-4-3-5-7-16;/h6-12,14-19,22H,20H2,1-5H3;3-9,11-13H,1-2H3;/q2*-1;/i1D3,2D3,16D;1D3,2D3;. The largest absolute Gasteiger partial charge is 0.500 e. The summed E-state index contributed by atoms with van der Waals surface area (Å²) in [4.78, 5) is 8.73. The van der Waals surface area contributed by atoms with Gasteiger partial charge in [-0.05, 0) is 94.4 Å². The van der Waals surface area contributed by atoms with E-state index in [1.54, 1.807) is 36.4 Å². The smallest absolute Gasteiger partial charge is 0.130 e. The molecule has 0 aliphatic heterocycles. The summed E-state index contributed by atoms with van der Waals surface area (Å²) < 4.78 is 111. The van der Waals surface area contributed by atoms with E-state index in [-0.39, 0.29) is 64.9 Å². The zero-order valence-electron chi connectivity index (χ0n) is 46.6. The molecular formula is C56H47IrN3O-2. The van der Waals surface area contributed by atoms with Gasteiger partial charge in [0.2, 0.25) is 0 Å². The van der Waals surface area contributed by atoms with Crippen LogP contribution in [0.15, 0.2) is 150 Å². The molecule has 0 fully saturated rings. The fourth-order valence-corrected chi connectivity index (χ4v) is 7.31. The topological polar surface area (TPSA) is 62.7 Å². The van der Waals surface area contributed by atoms with Crippen LogP contribution in [0.3, 0.4) is 0 Å². The van der Waals surface area contributed by atoms with Crippen LogP contribution in [-0.2, 0) is 26.5 Å².